The van der Waals surface area contributed by atoms with E-state index in [1.807, 2.05) is 0 Å². The van der Waals surface area contributed by atoms with Crippen LogP contribution in [-0.4, -0.2) is 31.8 Å². The van der Waals surface area contributed by atoms with Crippen LogP contribution in [0.2, 0.25) is 0 Å². The van der Waals surface area contributed by atoms with Crippen molar-refractivity contribution in [2.24, 2.45) is 7.05 Å². The third kappa shape index (κ3) is 3.69. The lowest BCUT2D eigenvalue weighted by molar-refractivity contribution is 0.0942. The van der Waals surface area contributed by atoms with Crippen LogP contribution < -0.4 is 10.9 Å². The predicted molar refractivity (Wildman–Crippen MR) is 94.2 cm³/mol. The molecule has 0 aliphatic carbocycles. The molecule has 0 aliphatic rings. The number of aryl methyl sites for hydroxylation is 2. The number of benzene rings is 1. The van der Waals surface area contributed by atoms with Crippen LogP contribution in [0.15, 0.2) is 47.7 Å². The largest absolute Gasteiger partial charge is 0.349 e. The van der Waals surface area contributed by atoms with Crippen molar-refractivity contribution in [2.75, 3.05) is 6.54 Å². The van der Waals surface area contributed by atoms with Crippen molar-refractivity contribution < 1.29 is 9.18 Å². The summed E-state index contributed by atoms with van der Waals surface area (Å²) in [7, 11) is 1.66. The van der Waals surface area contributed by atoms with Gasteiger partial charge in [-0.2, -0.15) is 5.10 Å². The van der Waals surface area contributed by atoms with Gasteiger partial charge >= 0.3 is 0 Å². The Morgan fingerprint density at radius 2 is 2.00 bits per heavy atom. The van der Waals surface area contributed by atoms with Crippen molar-refractivity contribution >= 4 is 5.91 Å². The number of rotatable bonds is 5. The van der Waals surface area contributed by atoms with Crippen LogP contribution in [0.4, 0.5) is 4.39 Å². The molecule has 2 aromatic heterocycles. The number of hydrogen-bond acceptors (Lipinski definition) is 4. The lowest BCUT2D eigenvalue weighted by atomic mass is 10.1. The molecule has 7 nitrogen and oxygen atoms in total. The van der Waals surface area contributed by atoms with Crippen molar-refractivity contribution in [3.8, 4) is 11.3 Å². The van der Waals surface area contributed by atoms with Crippen LogP contribution in [0.3, 0.4) is 0 Å². The van der Waals surface area contributed by atoms with E-state index in [0.717, 1.165) is 5.56 Å². The zero-order valence-corrected chi connectivity index (χ0v) is 14.4. The molecule has 8 heteroatoms. The molecule has 0 saturated carbocycles. The topological polar surface area (TPSA) is 81.8 Å². The third-order valence-corrected chi connectivity index (χ3v) is 3.96. The summed E-state index contributed by atoms with van der Waals surface area (Å²) < 4.78 is 15.9. The molecule has 0 aliphatic heterocycles. The zero-order valence-electron chi connectivity index (χ0n) is 14.4. The van der Waals surface area contributed by atoms with E-state index in [4.69, 9.17) is 0 Å². The molecule has 3 rings (SSSR count). The van der Waals surface area contributed by atoms with Gasteiger partial charge < -0.3 is 5.32 Å². The molecule has 0 unspecified atom stereocenters. The number of carbonyl (C=O) groups is 1. The average molecular weight is 355 g/mol. The van der Waals surface area contributed by atoms with Gasteiger partial charge in [-0.3, -0.25) is 18.8 Å². The average Bonchev–Trinajstić information content (AvgIpc) is 3.01. The number of nitrogens with zero attached hydrogens (tertiary/aromatic N) is 4. The molecule has 0 fully saturated rings. The second kappa shape index (κ2) is 7.30. The Bertz CT molecular complexity index is 992. The first-order valence-electron chi connectivity index (χ1n) is 8.05. The van der Waals surface area contributed by atoms with E-state index in [9.17, 15) is 14.0 Å². The van der Waals surface area contributed by atoms with Gasteiger partial charge in [-0.05, 0) is 37.3 Å². The number of aromatic nitrogens is 4. The maximum atomic E-state index is 13.0. The molecular formula is C18H18FN5O2. The minimum atomic E-state index is -0.330. The minimum absolute atomic E-state index is 0.131. The Morgan fingerprint density at radius 3 is 2.73 bits per heavy atom. The first-order valence-corrected chi connectivity index (χ1v) is 8.05. The summed E-state index contributed by atoms with van der Waals surface area (Å²) in [4.78, 5) is 28.3. The van der Waals surface area contributed by atoms with Gasteiger partial charge in [0.05, 0.1) is 12.0 Å². The highest BCUT2D eigenvalue weighted by Gasteiger charge is 2.14. The SMILES string of the molecule is Cc1cncn(CCNC(=O)c2cc(-c3ccc(F)cc3)nn2C)c1=O. The molecule has 0 saturated heterocycles. The number of amides is 1. The van der Waals surface area contributed by atoms with Crippen LogP contribution in [0.5, 0.6) is 0 Å². The standard InChI is InChI=1S/C18H18FN5O2/c1-12-10-20-11-24(18(12)26)8-7-21-17(25)16-9-15(22-23(16)2)13-3-5-14(19)6-4-13/h3-6,9-11H,7-8H2,1-2H3,(H,21,25). The second-order valence-electron chi connectivity index (χ2n) is 5.88. The predicted octanol–water partition coefficient (Wildman–Crippen LogP) is 1.52. The van der Waals surface area contributed by atoms with Gasteiger partial charge in [-0.1, -0.05) is 0 Å². The van der Waals surface area contributed by atoms with Crippen LogP contribution in [0.25, 0.3) is 11.3 Å². The number of carbonyl (C=O) groups excluding carboxylic acids is 1. The Kier molecular flexibility index (Phi) is 4.92. The molecule has 2 heterocycles. The van der Waals surface area contributed by atoms with Crippen molar-refractivity contribution in [3.05, 3.63) is 70.3 Å². The van der Waals surface area contributed by atoms with E-state index < -0.39 is 0 Å². The highest BCUT2D eigenvalue weighted by Crippen LogP contribution is 2.19. The van der Waals surface area contributed by atoms with Crippen LogP contribution in [0.1, 0.15) is 16.1 Å². The zero-order chi connectivity index (χ0) is 18.7. The van der Waals surface area contributed by atoms with E-state index >= 15 is 0 Å². The Hall–Kier alpha value is -3.29. The summed E-state index contributed by atoms with van der Waals surface area (Å²) >= 11 is 0. The van der Waals surface area contributed by atoms with Gasteiger partial charge in [0.25, 0.3) is 11.5 Å². The smallest absolute Gasteiger partial charge is 0.269 e. The number of hydrogen-bond donors (Lipinski definition) is 1. The van der Waals surface area contributed by atoms with E-state index in [1.165, 1.54) is 33.9 Å². The van der Waals surface area contributed by atoms with Crippen LogP contribution in [-0.2, 0) is 13.6 Å². The van der Waals surface area contributed by atoms with Crippen molar-refractivity contribution in [1.82, 2.24) is 24.6 Å². The maximum absolute atomic E-state index is 13.0. The molecule has 0 bridgehead atoms. The number of halogens is 1. The van der Waals surface area contributed by atoms with Crippen molar-refractivity contribution in [3.63, 3.8) is 0 Å². The molecule has 1 aromatic carbocycles. The van der Waals surface area contributed by atoms with Gasteiger partial charge in [0.2, 0.25) is 0 Å². The summed E-state index contributed by atoms with van der Waals surface area (Å²) in [6.07, 6.45) is 2.95. The molecule has 134 valence electrons. The summed E-state index contributed by atoms with van der Waals surface area (Å²) in [6, 6.07) is 7.55. The van der Waals surface area contributed by atoms with Crippen LogP contribution in [0, 0.1) is 12.7 Å². The summed E-state index contributed by atoms with van der Waals surface area (Å²) in [5, 5.41) is 7.05. The normalized spacial score (nSPS) is 10.7. The summed E-state index contributed by atoms with van der Waals surface area (Å²) in [6.45, 7) is 2.29. The third-order valence-electron chi connectivity index (χ3n) is 3.96. The molecule has 3 aromatic rings. The van der Waals surface area contributed by atoms with Crippen LogP contribution >= 0.6 is 0 Å². The van der Waals surface area contributed by atoms with Crippen molar-refractivity contribution in [1.29, 1.82) is 0 Å². The summed E-state index contributed by atoms with van der Waals surface area (Å²) in [5.74, 6) is -0.634. The molecule has 1 N–H and O–H groups in total. The molecule has 1 amide bonds. The van der Waals surface area contributed by atoms with Gasteiger partial charge in [0.1, 0.15) is 11.5 Å². The molecular weight excluding hydrogens is 337 g/mol. The number of nitrogens with one attached hydrogen (secondary N) is 1. The first kappa shape index (κ1) is 17.5. The lowest BCUT2D eigenvalue weighted by Gasteiger charge is -2.07. The first-order chi connectivity index (χ1) is 12.5. The van der Waals surface area contributed by atoms with Gasteiger partial charge in [-0.15, -0.1) is 0 Å². The van der Waals surface area contributed by atoms with Gasteiger partial charge in [0.15, 0.2) is 0 Å². The fraction of sp³-hybridized carbons (Fsp3) is 0.222. The van der Waals surface area contributed by atoms with Gasteiger partial charge in [-0.25, -0.2) is 9.37 Å². The van der Waals surface area contributed by atoms with E-state index in [1.54, 1.807) is 32.2 Å². The van der Waals surface area contributed by atoms with E-state index in [0.29, 0.717) is 23.5 Å². The Labute approximate surface area is 149 Å². The van der Waals surface area contributed by atoms with E-state index in [-0.39, 0.29) is 23.8 Å². The molecule has 0 radical (unpaired) electrons. The van der Waals surface area contributed by atoms with E-state index in [2.05, 4.69) is 15.4 Å². The maximum Gasteiger partial charge on any atom is 0.269 e. The Morgan fingerprint density at radius 1 is 1.27 bits per heavy atom. The molecule has 26 heavy (non-hydrogen) atoms. The quantitative estimate of drug-likeness (QED) is 0.752. The lowest BCUT2D eigenvalue weighted by Crippen LogP contribution is -2.32. The fourth-order valence-corrected chi connectivity index (χ4v) is 2.54. The highest BCUT2D eigenvalue weighted by molar-refractivity contribution is 5.93. The molecule has 0 spiro atoms. The second-order valence-corrected chi connectivity index (χ2v) is 5.88. The monoisotopic (exact) mass is 355 g/mol. The van der Waals surface area contributed by atoms with Gasteiger partial charge in [0, 0.05) is 37.5 Å². The fourth-order valence-electron chi connectivity index (χ4n) is 2.54. The Balaban J connectivity index is 1.67. The highest BCUT2D eigenvalue weighted by atomic mass is 19.1. The van der Waals surface area contributed by atoms with Crippen molar-refractivity contribution in [2.45, 2.75) is 13.5 Å². The molecule has 0 atom stereocenters. The minimum Gasteiger partial charge on any atom is -0.349 e. The summed E-state index contributed by atoms with van der Waals surface area (Å²) in [5.41, 5.74) is 2.09.